The van der Waals surface area contributed by atoms with Crippen molar-refractivity contribution in [3.8, 4) is 5.75 Å². The molecule has 0 N–H and O–H groups in total. The van der Waals surface area contributed by atoms with Crippen molar-refractivity contribution in [1.29, 1.82) is 0 Å². The van der Waals surface area contributed by atoms with Crippen LogP contribution in [0.2, 0.25) is 0 Å². The quantitative estimate of drug-likeness (QED) is 0.829. The van der Waals surface area contributed by atoms with Crippen molar-refractivity contribution in [2.45, 2.75) is 32.4 Å². The summed E-state index contributed by atoms with van der Waals surface area (Å²) in [6.45, 7) is 3.45. The van der Waals surface area contributed by atoms with Crippen molar-refractivity contribution in [2.75, 3.05) is 4.90 Å². The lowest BCUT2D eigenvalue weighted by Gasteiger charge is -2.38. The standard InChI is InChI=1S/C18H17F2NO2/c1-11-7-18(23-15-9-13(19)8-14(20)10-15)16-5-3-4-6-17(16)21(11)12(2)22/h3-6,8-11,18H,7H2,1-2H3/t11-,18+/m1/s1. The average Bonchev–Trinajstić information content (AvgIpc) is 2.45. The topological polar surface area (TPSA) is 29.5 Å². The van der Waals surface area contributed by atoms with Gasteiger partial charge in [-0.15, -0.1) is 0 Å². The average molecular weight is 317 g/mol. The summed E-state index contributed by atoms with van der Waals surface area (Å²) >= 11 is 0. The number of fused-ring (bicyclic) bond motifs is 1. The number of nitrogens with zero attached hydrogens (tertiary/aromatic N) is 1. The fourth-order valence-corrected chi connectivity index (χ4v) is 3.11. The summed E-state index contributed by atoms with van der Waals surface area (Å²) in [7, 11) is 0. The molecule has 0 saturated heterocycles. The summed E-state index contributed by atoms with van der Waals surface area (Å²) < 4.78 is 32.5. The second-order valence-electron chi connectivity index (χ2n) is 5.74. The molecule has 1 heterocycles. The van der Waals surface area contributed by atoms with Crippen molar-refractivity contribution in [2.24, 2.45) is 0 Å². The number of rotatable bonds is 2. The van der Waals surface area contributed by atoms with E-state index in [-0.39, 0.29) is 23.8 Å². The van der Waals surface area contributed by atoms with Gasteiger partial charge < -0.3 is 9.64 Å². The minimum absolute atomic E-state index is 0.0415. The van der Waals surface area contributed by atoms with Crippen molar-refractivity contribution in [3.63, 3.8) is 0 Å². The summed E-state index contributed by atoms with van der Waals surface area (Å²) in [4.78, 5) is 13.6. The van der Waals surface area contributed by atoms with Gasteiger partial charge in [0.05, 0.1) is 5.69 Å². The number of halogens is 2. The molecule has 5 heteroatoms. The highest BCUT2D eigenvalue weighted by molar-refractivity contribution is 5.93. The van der Waals surface area contributed by atoms with Gasteiger partial charge in [0.2, 0.25) is 5.91 Å². The lowest BCUT2D eigenvalue weighted by atomic mass is 9.93. The monoisotopic (exact) mass is 317 g/mol. The largest absolute Gasteiger partial charge is 0.485 e. The molecule has 0 unspecified atom stereocenters. The number of hydrogen-bond donors (Lipinski definition) is 0. The Morgan fingerprint density at radius 2 is 1.83 bits per heavy atom. The molecule has 2 atom stereocenters. The highest BCUT2D eigenvalue weighted by Gasteiger charge is 2.33. The number of carbonyl (C=O) groups excluding carboxylic acids is 1. The Morgan fingerprint density at radius 3 is 2.48 bits per heavy atom. The van der Waals surface area contributed by atoms with E-state index in [0.717, 1.165) is 29.4 Å². The zero-order valence-corrected chi connectivity index (χ0v) is 12.9. The lowest BCUT2D eigenvalue weighted by molar-refractivity contribution is -0.117. The predicted molar refractivity (Wildman–Crippen MR) is 83.4 cm³/mol. The van der Waals surface area contributed by atoms with Crippen LogP contribution in [0.15, 0.2) is 42.5 Å². The molecule has 3 nitrogen and oxygen atoms in total. The third-order valence-corrected chi connectivity index (χ3v) is 3.99. The maximum Gasteiger partial charge on any atom is 0.224 e. The Morgan fingerprint density at radius 1 is 1.17 bits per heavy atom. The molecule has 2 aromatic carbocycles. The molecule has 1 amide bonds. The zero-order chi connectivity index (χ0) is 16.6. The van der Waals surface area contributed by atoms with Gasteiger partial charge in [-0.3, -0.25) is 4.79 Å². The first-order chi connectivity index (χ1) is 11.0. The second-order valence-corrected chi connectivity index (χ2v) is 5.74. The van der Waals surface area contributed by atoms with Crippen LogP contribution in [-0.2, 0) is 4.79 Å². The van der Waals surface area contributed by atoms with Gasteiger partial charge in [0.25, 0.3) is 0 Å². The van der Waals surface area contributed by atoms with E-state index in [4.69, 9.17) is 4.74 Å². The predicted octanol–water partition coefficient (Wildman–Crippen LogP) is 4.23. The van der Waals surface area contributed by atoms with E-state index in [0.29, 0.717) is 6.42 Å². The van der Waals surface area contributed by atoms with Crippen molar-refractivity contribution < 1.29 is 18.3 Å². The van der Waals surface area contributed by atoms with Crippen LogP contribution in [0.1, 0.15) is 31.9 Å². The van der Waals surface area contributed by atoms with E-state index in [1.54, 1.807) is 4.90 Å². The van der Waals surface area contributed by atoms with E-state index in [9.17, 15) is 13.6 Å². The van der Waals surface area contributed by atoms with Crippen LogP contribution in [-0.4, -0.2) is 11.9 Å². The van der Waals surface area contributed by atoms with E-state index in [1.807, 2.05) is 31.2 Å². The van der Waals surface area contributed by atoms with Crippen LogP contribution in [0, 0.1) is 11.6 Å². The molecule has 120 valence electrons. The van der Waals surface area contributed by atoms with Gasteiger partial charge in [-0.05, 0) is 13.0 Å². The highest BCUT2D eigenvalue weighted by Crippen LogP contribution is 2.39. The lowest BCUT2D eigenvalue weighted by Crippen LogP contribution is -2.42. The van der Waals surface area contributed by atoms with Crippen molar-refractivity contribution in [1.82, 2.24) is 0 Å². The molecular weight excluding hydrogens is 300 g/mol. The van der Waals surface area contributed by atoms with E-state index >= 15 is 0 Å². The Labute approximate surface area is 133 Å². The van der Waals surface area contributed by atoms with Crippen LogP contribution in [0.25, 0.3) is 0 Å². The summed E-state index contributed by atoms with van der Waals surface area (Å²) in [5.41, 5.74) is 1.62. The Kier molecular flexibility index (Phi) is 4.03. The number of ether oxygens (including phenoxy) is 1. The number of hydrogen-bond acceptors (Lipinski definition) is 2. The van der Waals surface area contributed by atoms with Crippen LogP contribution in [0.5, 0.6) is 5.75 Å². The molecule has 0 spiro atoms. The summed E-state index contributed by atoms with van der Waals surface area (Å²) in [6.07, 6.45) is 0.187. The van der Waals surface area contributed by atoms with Gasteiger partial charge in [0.15, 0.2) is 0 Å². The summed E-state index contributed by atoms with van der Waals surface area (Å²) in [5, 5.41) is 0. The first kappa shape index (κ1) is 15.5. The Balaban J connectivity index is 1.97. The van der Waals surface area contributed by atoms with Crippen molar-refractivity contribution in [3.05, 3.63) is 59.7 Å². The zero-order valence-electron chi connectivity index (χ0n) is 12.9. The van der Waals surface area contributed by atoms with Crippen molar-refractivity contribution >= 4 is 11.6 Å². The molecule has 3 rings (SSSR count). The maximum atomic E-state index is 13.3. The fourth-order valence-electron chi connectivity index (χ4n) is 3.11. The van der Waals surface area contributed by atoms with Crippen LogP contribution in [0.3, 0.4) is 0 Å². The van der Waals surface area contributed by atoms with Gasteiger partial charge in [0, 0.05) is 43.1 Å². The minimum atomic E-state index is -0.678. The number of benzene rings is 2. The number of amides is 1. The summed E-state index contributed by atoms with van der Waals surface area (Å²) in [5.74, 6) is -1.25. The molecule has 2 aromatic rings. The molecule has 0 saturated carbocycles. The van der Waals surface area contributed by atoms with E-state index < -0.39 is 11.6 Å². The molecule has 0 bridgehead atoms. The third-order valence-electron chi connectivity index (χ3n) is 3.99. The SMILES string of the molecule is CC(=O)N1c2ccccc2[C@@H](Oc2cc(F)cc(F)c2)C[C@H]1C. The van der Waals surface area contributed by atoms with E-state index in [1.165, 1.54) is 6.92 Å². The molecule has 0 radical (unpaired) electrons. The second kappa shape index (κ2) is 5.99. The third kappa shape index (κ3) is 3.04. The van der Waals surface area contributed by atoms with Gasteiger partial charge in [0.1, 0.15) is 23.5 Å². The molecule has 0 aliphatic carbocycles. The summed E-state index contributed by atoms with van der Waals surface area (Å²) in [6, 6.07) is 10.5. The molecular formula is C18H17F2NO2. The number of para-hydroxylation sites is 1. The molecule has 1 aliphatic heterocycles. The van der Waals surface area contributed by atoms with E-state index in [2.05, 4.69) is 0 Å². The van der Waals surface area contributed by atoms with Gasteiger partial charge in [-0.25, -0.2) is 8.78 Å². The smallest absolute Gasteiger partial charge is 0.224 e. The van der Waals surface area contributed by atoms with Gasteiger partial charge in [-0.2, -0.15) is 0 Å². The number of anilines is 1. The van der Waals surface area contributed by atoms with Gasteiger partial charge >= 0.3 is 0 Å². The molecule has 1 aliphatic rings. The first-order valence-corrected chi connectivity index (χ1v) is 7.47. The van der Waals surface area contributed by atoms with Crippen LogP contribution < -0.4 is 9.64 Å². The van der Waals surface area contributed by atoms with Crippen LogP contribution >= 0.6 is 0 Å². The van der Waals surface area contributed by atoms with Gasteiger partial charge in [-0.1, -0.05) is 18.2 Å². The Hall–Kier alpha value is -2.43. The maximum absolute atomic E-state index is 13.3. The fraction of sp³-hybridized carbons (Fsp3) is 0.278. The minimum Gasteiger partial charge on any atom is -0.485 e. The molecule has 0 fully saturated rings. The molecule has 0 aromatic heterocycles. The number of carbonyl (C=O) groups is 1. The Bertz CT molecular complexity index is 727. The molecule has 23 heavy (non-hydrogen) atoms. The highest BCUT2D eigenvalue weighted by atomic mass is 19.1. The first-order valence-electron chi connectivity index (χ1n) is 7.47. The normalized spacial score (nSPS) is 20.1. The van der Waals surface area contributed by atoms with Crippen LogP contribution in [0.4, 0.5) is 14.5 Å².